The van der Waals surface area contributed by atoms with Gasteiger partial charge < -0.3 is 15.3 Å². The maximum absolute atomic E-state index is 11.9. The molecule has 0 aromatic rings. The first-order valence-electron chi connectivity index (χ1n) is 5.69. The third-order valence-corrected chi connectivity index (χ3v) is 5.04. The Morgan fingerprint density at radius 3 is 2.68 bits per heavy atom. The largest absolute Gasteiger partial charge is 0.477 e. The molecule has 2 heterocycles. The maximum Gasteiger partial charge on any atom is 0.353 e. The minimum Gasteiger partial charge on any atom is -0.477 e. The van der Waals surface area contributed by atoms with E-state index in [2.05, 4.69) is 10.5 Å². The van der Waals surface area contributed by atoms with Gasteiger partial charge in [-0.1, -0.05) is 5.16 Å². The Balaban J connectivity index is 1.95. The fraction of sp³-hybridized carbons (Fsp3) is 0.700. The maximum atomic E-state index is 11.9. The summed E-state index contributed by atoms with van der Waals surface area (Å²) in [6.07, 6.45) is -0.795. The molecule has 0 aliphatic carbocycles. The highest BCUT2D eigenvalue weighted by atomic mass is 32.2. The van der Waals surface area contributed by atoms with Crippen molar-refractivity contribution in [3.05, 3.63) is 0 Å². The number of carboxylic acids is 1. The Labute approximate surface area is 109 Å². The highest BCUT2D eigenvalue weighted by Gasteiger charge is 2.42. The van der Waals surface area contributed by atoms with Crippen LogP contribution in [-0.2, 0) is 24.3 Å². The number of nitrogens with zero attached hydrogens (tertiary/aromatic N) is 1. The molecular formula is C10H14N2O6S. The van der Waals surface area contributed by atoms with Crippen LogP contribution in [0.3, 0.4) is 0 Å². The minimum absolute atomic E-state index is 0.0339. The van der Waals surface area contributed by atoms with E-state index in [4.69, 9.17) is 9.94 Å². The molecule has 0 bridgehead atoms. The van der Waals surface area contributed by atoms with Crippen molar-refractivity contribution in [1.29, 1.82) is 0 Å². The zero-order chi connectivity index (χ0) is 14.3. The van der Waals surface area contributed by atoms with Crippen LogP contribution in [0.1, 0.15) is 19.8 Å². The second-order valence-corrected chi connectivity index (χ2v) is 7.22. The van der Waals surface area contributed by atoms with E-state index in [1.54, 1.807) is 6.92 Å². The van der Waals surface area contributed by atoms with Crippen LogP contribution in [0.25, 0.3) is 0 Å². The molecule has 2 N–H and O–H groups in total. The zero-order valence-electron chi connectivity index (χ0n) is 10.2. The van der Waals surface area contributed by atoms with Crippen LogP contribution < -0.4 is 5.32 Å². The fourth-order valence-electron chi connectivity index (χ4n) is 2.13. The predicted octanol–water partition coefficient (Wildman–Crippen LogP) is -1.09. The smallest absolute Gasteiger partial charge is 0.353 e. The van der Waals surface area contributed by atoms with Gasteiger partial charge in [0.25, 0.3) is 5.91 Å². The molecule has 2 unspecified atom stereocenters. The lowest BCUT2D eigenvalue weighted by Gasteiger charge is -2.25. The molecule has 2 aliphatic rings. The molecule has 2 atom stereocenters. The third kappa shape index (κ3) is 3.03. The number of rotatable bonds is 3. The molecule has 1 amide bonds. The van der Waals surface area contributed by atoms with E-state index in [1.807, 2.05) is 0 Å². The van der Waals surface area contributed by atoms with Crippen LogP contribution in [0.4, 0.5) is 0 Å². The number of hydrogen-bond acceptors (Lipinski definition) is 6. The molecule has 19 heavy (non-hydrogen) atoms. The molecule has 1 saturated heterocycles. The van der Waals surface area contributed by atoms with Gasteiger partial charge in [-0.25, -0.2) is 13.2 Å². The second-order valence-electron chi connectivity index (χ2n) is 5.03. The third-order valence-electron chi connectivity index (χ3n) is 3.14. The second kappa shape index (κ2) is 4.48. The summed E-state index contributed by atoms with van der Waals surface area (Å²) in [5, 5.41) is 14.6. The molecular weight excluding hydrogens is 276 g/mol. The van der Waals surface area contributed by atoms with Gasteiger partial charge in [-0.2, -0.15) is 0 Å². The standard InChI is InChI=1S/C10H14N2O6S/c1-10(2-3-19(16,17)5-10)11-8(13)7-4-6(9(14)15)12-18-7/h7H,2-5H2,1H3,(H,11,13)(H,14,15). The molecule has 8 nitrogen and oxygen atoms in total. The van der Waals surface area contributed by atoms with Crippen LogP contribution in [0, 0.1) is 0 Å². The average molecular weight is 290 g/mol. The van der Waals surface area contributed by atoms with Gasteiger partial charge in [0.05, 0.1) is 17.0 Å². The minimum atomic E-state index is -3.13. The van der Waals surface area contributed by atoms with Gasteiger partial charge in [-0.15, -0.1) is 0 Å². The summed E-state index contributed by atoms with van der Waals surface area (Å²) in [6.45, 7) is 1.64. The van der Waals surface area contributed by atoms with Crippen molar-refractivity contribution >= 4 is 27.4 Å². The Morgan fingerprint density at radius 1 is 1.53 bits per heavy atom. The summed E-state index contributed by atoms with van der Waals surface area (Å²) >= 11 is 0. The number of aliphatic carboxylic acids is 1. The molecule has 0 saturated carbocycles. The van der Waals surface area contributed by atoms with Crippen molar-refractivity contribution in [3.63, 3.8) is 0 Å². The molecule has 0 radical (unpaired) electrons. The Hall–Kier alpha value is -1.64. The van der Waals surface area contributed by atoms with Crippen molar-refractivity contribution in [2.75, 3.05) is 11.5 Å². The normalized spacial score (nSPS) is 32.5. The number of oxime groups is 1. The van der Waals surface area contributed by atoms with Gasteiger partial charge in [-0.3, -0.25) is 4.79 Å². The van der Waals surface area contributed by atoms with Crippen LogP contribution in [0.5, 0.6) is 0 Å². The molecule has 106 valence electrons. The molecule has 0 aromatic carbocycles. The van der Waals surface area contributed by atoms with E-state index in [0.717, 1.165) is 0 Å². The van der Waals surface area contributed by atoms with Gasteiger partial charge in [-0.05, 0) is 13.3 Å². The Bertz CT molecular complexity index is 554. The summed E-state index contributed by atoms with van der Waals surface area (Å²) in [5.74, 6) is -1.86. The van der Waals surface area contributed by atoms with E-state index < -0.39 is 33.4 Å². The molecule has 0 aromatic heterocycles. The first-order valence-corrected chi connectivity index (χ1v) is 7.51. The van der Waals surface area contributed by atoms with E-state index in [0.29, 0.717) is 6.42 Å². The van der Waals surface area contributed by atoms with Crippen molar-refractivity contribution in [2.45, 2.75) is 31.4 Å². The fourth-order valence-corrected chi connectivity index (χ4v) is 4.22. The predicted molar refractivity (Wildman–Crippen MR) is 64.4 cm³/mol. The molecule has 0 spiro atoms. The van der Waals surface area contributed by atoms with Gasteiger partial charge in [0.1, 0.15) is 0 Å². The summed E-state index contributed by atoms with van der Waals surface area (Å²) in [6, 6.07) is 0. The number of carbonyl (C=O) groups is 2. The first kappa shape index (κ1) is 13.8. The summed E-state index contributed by atoms with van der Waals surface area (Å²) in [7, 11) is -3.13. The van der Waals surface area contributed by atoms with Crippen LogP contribution >= 0.6 is 0 Å². The number of carbonyl (C=O) groups excluding carboxylic acids is 1. The lowest BCUT2D eigenvalue weighted by atomic mass is 10.0. The summed E-state index contributed by atoms with van der Waals surface area (Å²) < 4.78 is 22.8. The molecule has 1 fully saturated rings. The highest BCUT2D eigenvalue weighted by Crippen LogP contribution is 2.23. The topological polar surface area (TPSA) is 122 Å². The number of sulfone groups is 1. The SMILES string of the molecule is CC1(NC(=O)C2CC(C(=O)O)=NO2)CCS(=O)(=O)C1. The average Bonchev–Trinajstić information content (AvgIpc) is 2.83. The van der Waals surface area contributed by atoms with E-state index >= 15 is 0 Å². The van der Waals surface area contributed by atoms with Gasteiger partial charge in [0.15, 0.2) is 15.5 Å². The van der Waals surface area contributed by atoms with E-state index in [1.165, 1.54) is 0 Å². The molecule has 2 aliphatic heterocycles. The zero-order valence-corrected chi connectivity index (χ0v) is 11.1. The van der Waals surface area contributed by atoms with E-state index in [-0.39, 0.29) is 23.6 Å². The van der Waals surface area contributed by atoms with Crippen molar-refractivity contribution in [3.8, 4) is 0 Å². The lowest BCUT2D eigenvalue weighted by Crippen LogP contribution is -2.50. The highest BCUT2D eigenvalue weighted by molar-refractivity contribution is 7.91. The quantitative estimate of drug-likeness (QED) is 0.681. The van der Waals surface area contributed by atoms with Crippen LogP contribution in [0.2, 0.25) is 0 Å². The lowest BCUT2D eigenvalue weighted by molar-refractivity contribution is -0.132. The van der Waals surface area contributed by atoms with Crippen molar-refractivity contribution < 1.29 is 28.0 Å². The number of amides is 1. The molecule has 9 heteroatoms. The van der Waals surface area contributed by atoms with Gasteiger partial charge in [0.2, 0.25) is 6.10 Å². The van der Waals surface area contributed by atoms with Crippen molar-refractivity contribution in [2.24, 2.45) is 5.16 Å². The first-order chi connectivity index (χ1) is 8.71. The van der Waals surface area contributed by atoms with Crippen LogP contribution in [-0.4, -0.2) is 54.3 Å². The van der Waals surface area contributed by atoms with Gasteiger partial charge >= 0.3 is 5.97 Å². The van der Waals surface area contributed by atoms with E-state index in [9.17, 15) is 18.0 Å². The Kier molecular flexibility index (Phi) is 3.25. The monoisotopic (exact) mass is 290 g/mol. The summed E-state index contributed by atoms with van der Waals surface area (Å²) in [5.41, 5.74) is -1.05. The van der Waals surface area contributed by atoms with Crippen molar-refractivity contribution in [1.82, 2.24) is 5.32 Å². The number of carboxylic acid groups (broad SMARTS) is 1. The molecule has 2 rings (SSSR count). The van der Waals surface area contributed by atoms with Gasteiger partial charge in [0, 0.05) is 6.42 Å². The number of nitrogens with one attached hydrogen (secondary N) is 1. The van der Waals surface area contributed by atoms with Crippen LogP contribution in [0.15, 0.2) is 5.16 Å². The number of hydrogen-bond donors (Lipinski definition) is 2. The summed E-state index contributed by atoms with van der Waals surface area (Å²) in [4.78, 5) is 27.3. The Morgan fingerprint density at radius 2 is 2.21 bits per heavy atom.